The zero-order valence-corrected chi connectivity index (χ0v) is 14.7. The molecule has 0 bridgehead atoms. The molecule has 1 aromatic heterocycles. The fraction of sp³-hybridized carbons (Fsp3) is 0.353. The van der Waals surface area contributed by atoms with E-state index in [4.69, 9.17) is 9.26 Å². The zero-order chi connectivity index (χ0) is 17.5. The Bertz CT molecular complexity index is 707. The summed E-state index contributed by atoms with van der Waals surface area (Å²) in [6.07, 6.45) is 0. The van der Waals surface area contributed by atoms with E-state index in [1.165, 1.54) is 11.8 Å². The molecular weight excluding hydrogens is 328 g/mol. The molecule has 128 valence electrons. The number of thioether (sulfide) groups is 1. The van der Waals surface area contributed by atoms with Gasteiger partial charge in [-0.15, -0.1) is 11.8 Å². The van der Waals surface area contributed by atoms with E-state index in [1.807, 2.05) is 26.0 Å². The van der Waals surface area contributed by atoms with E-state index in [1.54, 1.807) is 13.0 Å². The first-order valence-electron chi connectivity index (χ1n) is 7.46. The molecule has 1 aromatic carbocycles. The molecule has 0 saturated carbocycles. The second kappa shape index (κ2) is 8.54. The number of nitrogens with one attached hydrogen (secondary N) is 1. The highest BCUT2D eigenvalue weighted by Crippen LogP contribution is 2.11. The molecule has 2 rings (SSSR count). The van der Waals surface area contributed by atoms with Crippen molar-refractivity contribution in [1.29, 1.82) is 0 Å². The third-order valence-electron chi connectivity index (χ3n) is 3.03. The summed E-state index contributed by atoms with van der Waals surface area (Å²) in [5, 5.41) is 6.26. The first-order valence-corrected chi connectivity index (χ1v) is 8.61. The topological polar surface area (TPSA) is 81.4 Å². The van der Waals surface area contributed by atoms with Crippen molar-refractivity contribution in [1.82, 2.24) is 5.16 Å². The molecule has 0 radical (unpaired) electrons. The van der Waals surface area contributed by atoms with Crippen LogP contribution in [0.25, 0.3) is 0 Å². The molecule has 0 aliphatic heterocycles. The summed E-state index contributed by atoms with van der Waals surface area (Å²) < 4.78 is 10.1. The number of carbonyl (C=O) groups is 2. The van der Waals surface area contributed by atoms with Crippen molar-refractivity contribution in [3.05, 3.63) is 46.7 Å². The third-order valence-corrected chi connectivity index (χ3v) is 3.94. The zero-order valence-electron chi connectivity index (χ0n) is 13.9. The largest absolute Gasteiger partial charge is 0.460 e. The normalized spacial score (nSPS) is 10.5. The molecule has 24 heavy (non-hydrogen) atoms. The van der Waals surface area contributed by atoms with Gasteiger partial charge in [0.1, 0.15) is 12.4 Å². The fourth-order valence-electron chi connectivity index (χ4n) is 2.19. The van der Waals surface area contributed by atoms with Gasteiger partial charge in [0.2, 0.25) is 5.91 Å². The summed E-state index contributed by atoms with van der Waals surface area (Å²) in [5.41, 5.74) is 3.23. The number of rotatable bonds is 7. The van der Waals surface area contributed by atoms with Gasteiger partial charge in [-0.3, -0.25) is 9.59 Å². The van der Waals surface area contributed by atoms with Gasteiger partial charge in [-0.05, 0) is 26.3 Å². The molecular formula is C17H20N2O4S. The minimum atomic E-state index is -0.343. The van der Waals surface area contributed by atoms with Crippen molar-refractivity contribution >= 4 is 29.5 Å². The summed E-state index contributed by atoms with van der Waals surface area (Å²) in [6, 6.07) is 7.67. The lowest BCUT2D eigenvalue weighted by atomic mass is 10.1. The molecule has 2 aromatic rings. The van der Waals surface area contributed by atoms with Crippen LogP contribution in [0, 0.1) is 20.8 Å². The summed E-state index contributed by atoms with van der Waals surface area (Å²) in [4.78, 5) is 23.4. The Morgan fingerprint density at radius 1 is 1.12 bits per heavy atom. The van der Waals surface area contributed by atoms with Crippen molar-refractivity contribution in [3.8, 4) is 0 Å². The van der Waals surface area contributed by atoms with E-state index in [-0.39, 0.29) is 30.0 Å². The van der Waals surface area contributed by atoms with Crippen LogP contribution >= 0.6 is 11.8 Å². The summed E-state index contributed by atoms with van der Waals surface area (Å²) in [5.74, 6) is 0.670. The molecule has 1 N–H and O–H groups in total. The van der Waals surface area contributed by atoms with Crippen molar-refractivity contribution in [2.45, 2.75) is 27.4 Å². The molecule has 0 saturated heterocycles. The molecule has 6 nitrogen and oxygen atoms in total. The Kier molecular flexibility index (Phi) is 6.43. The van der Waals surface area contributed by atoms with Gasteiger partial charge in [0.25, 0.3) is 0 Å². The molecule has 0 spiro atoms. The molecule has 7 heteroatoms. The highest BCUT2D eigenvalue weighted by atomic mass is 32.2. The van der Waals surface area contributed by atoms with Crippen molar-refractivity contribution < 1.29 is 18.8 Å². The van der Waals surface area contributed by atoms with Gasteiger partial charge in [-0.2, -0.15) is 0 Å². The van der Waals surface area contributed by atoms with Crippen LogP contribution in [0.2, 0.25) is 0 Å². The minimum absolute atomic E-state index is 0.121. The number of esters is 1. The molecule has 1 heterocycles. The quantitative estimate of drug-likeness (QED) is 0.775. The second-order valence-corrected chi connectivity index (χ2v) is 6.51. The standard InChI is InChI=1S/C17H20N2O4S/c1-11-4-12(2)6-14(5-11)8-22-17(21)10-24-9-16(20)18-15-7-13(3)23-19-15/h4-7H,8-10H2,1-3H3,(H,18,19,20). The lowest BCUT2D eigenvalue weighted by Crippen LogP contribution is -2.16. The number of amides is 1. The minimum Gasteiger partial charge on any atom is -0.460 e. The SMILES string of the molecule is Cc1cc(C)cc(COC(=O)CSCC(=O)Nc2cc(C)on2)c1. The van der Waals surface area contributed by atoms with Crippen LogP contribution in [0.15, 0.2) is 28.8 Å². The van der Waals surface area contributed by atoms with Gasteiger partial charge >= 0.3 is 5.97 Å². The molecule has 0 aliphatic rings. The average Bonchev–Trinajstić information content (AvgIpc) is 2.89. The van der Waals surface area contributed by atoms with Crippen LogP contribution in [0.1, 0.15) is 22.5 Å². The van der Waals surface area contributed by atoms with Crippen LogP contribution in [-0.4, -0.2) is 28.5 Å². The maximum absolute atomic E-state index is 11.7. The van der Waals surface area contributed by atoms with Crippen molar-refractivity contribution in [3.63, 3.8) is 0 Å². The first-order chi connectivity index (χ1) is 11.4. The summed E-state index contributed by atoms with van der Waals surface area (Å²) >= 11 is 1.19. The fourth-order valence-corrected chi connectivity index (χ4v) is 2.80. The Labute approximate surface area is 144 Å². The van der Waals surface area contributed by atoms with E-state index < -0.39 is 0 Å². The van der Waals surface area contributed by atoms with Gasteiger partial charge in [0.15, 0.2) is 5.82 Å². The number of aromatic nitrogens is 1. The number of benzene rings is 1. The smallest absolute Gasteiger partial charge is 0.316 e. The molecule has 0 fully saturated rings. The van der Waals surface area contributed by atoms with Gasteiger partial charge in [-0.1, -0.05) is 34.5 Å². The number of aryl methyl sites for hydroxylation is 3. The number of hydrogen-bond acceptors (Lipinski definition) is 6. The van der Waals surface area contributed by atoms with Crippen LogP contribution in [-0.2, 0) is 20.9 Å². The molecule has 0 unspecified atom stereocenters. The van der Waals surface area contributed by atoms with E-state index in [0.717, 1.165) is 16.7 Å². The van der Waals surface area contributed by atoms with E-state index in [2.05, 4.69) is 16.5 Å². The van der Waals surface area contributed by atoms with Gasteiger partial charge in [-0.25, -0.2) is 0 Å². The van der Waals surface area contributed by atoms with E-state index in [0.29, 0.717) is 11.6 Å². The predicted molar refractivity (Wildman–Crippen MR) is 92.9 cm³/mol. The Morgan fingerprint density at radius 3 is 2.46 bits per heavy atom. The van der Waals surface area contributed by atoms with E-state index >= 15 is 0 Å². The lowest BCUT2D eigenvalue weighted by molar-refractivity contribution is -0.141. The number of ether oxygens (including phenoxy) is 1. The van der Waals surface area contributed by atoms with Crippen molar-refractivity contribution in [2.24, 2.45) is 0 Å². The maximum Gasteiger partial charge on any atom is 0.316 e. The number of nitrogens with zero attached hydrogens (tertiary/aromatic N) is 1. The Morgan fingerprint density at radius 2 is 1.83 bits per heavy atom. The van der Waals surface area contributed by atoms with Crippen LogP contribution in [0.5, 0.6) is 0 Å². The van der Waals surface area contributed by atoms with Crippen LogP contribution in [0.4, 0.5) is 5.82 Å². The number of hydrogen-bond donors (Lipinski definition) is 1. The van der Waals surface area contributed by atoms with Crippen LogP contribution < -0.4 is 5.32 Å². The molecule has 1 amide bonds. The summed E-state index contributed by atoms with van der Waals surface area (Å²) in [7, 11) is 0. The van der Waals surface area contributed by atoms with Gasteiger partial charge < -0.3 is 14.6 Å². The average molecular weight is 348 g/mol. The van der Waals surface area contributed by atoms with Gasteiger partial charge in [0.05, 0.1) is 11.5 Å². The third kappa shape index (κ3) is 6.08. The Balaban J connectivity index is 1.66. The highest BCUT2D eigenvalue weighted by molar-refractivity contribution is 8.00. The molecule has 0 aliphatic carbocycles. The number of carbonyl (C=O) groups excluding carboxylic acids is 2. The molecule has 0 atom stereocenters. The number of anilines is 1. The summed E-state index contributed by atoms with van der Waals surface area (Å²) in [6.45, 7) is 5.99. The van der Waals surface area contributed by atoms with Gasteiger partial charge in [0, 0.05) is 6.07 Å². The van der Waals surface area contributed by atoms with Crippen molar-refractivity contribution in [2.75, 3.05) is 16.8 Å². The van der Waals surface area contributed by atoms with E-state index in [9.17, 15) is 9.59 Å². The first kappa shape index (κ1) is 18.1. The Hall–Kier alpha value is -2.28. The predicted octanol–water partition coefficient (Wildman–Crippen LogP) is 3.01. The highest BCUT2D eigenvalue weighted by Gasteiger charge is 2.09. The second-order valence-electron chi connectivity index (χ2n) is 5.52. The van der Waals surface area contributed by atoms with Crippen LogP contribution in [0.3, 0.4) is 0 Å². The monoisotopic (exact) mass is 348 g/mol. The lowest BCUT2D eigenvalue weighted by Gasteiger charge is -2.07. The maximum atomic E-state index is 11.7.